The number of hydrogen-bond acceptors (Lipinski definition) is 6. The molecule has 1 aromatic rings. The summed E-state index contributed by atoms with van der Waals surface area (Å²) in [5.41, 5.74) is 0.409. The predicted octanol–water partition coefficient (Wildman–Crippen LogP) is 3.41. The molecule has 1 aliphatic rings. The van der Waals surface area contributed by atoms with Gasteiger partial charge in [0.05, 0.1) is 6.61 Å². The van der Waals surface area contributed by atoms with Gasteiger partial charge in [0.1, 0.15) is 0 Å². The SMILES string of the molecule is CCOC(=O)c1csc(NC2CCCC2SCC)n1. The highest BCUT2D eigenvalue weighted by Crippen LogP contribution is 2.32. The normalized spacial score (nSPS) is 22.4. The summed E-state index contributed by atoms with van der Waals surface area (Å²) in [6.07, 6.45) is 3.73. The van der Waals surface area contributed by atoms with Crippen LogP contribution in [-0.4, -0.2) is 34.6 Å². The Morgan fingerprint density at radius 1 is 1.58 bits per heavy atom. The lowest BCUT2D eigenvalue weighted by molar-refractivity contribution is 0.0520. The third-order valence-electron chi connectivity index (χ3n) is 3.13. The van der Waals surface area contributed by atoms with E-state index in [0.29, 0.717) is 23.6 Å². The fraction of sp³-hybridized carbons (Fsp3) is 0.692. The van der Waals surface area contributed by atoms with Crippen LogP contribution in [0.25, 0.3) is 0 Å². The molecule has 0 aromatic carbocycles. The van der Waals surface area contributed by atoms with Crippen molar-refractivity contribution in [3.63, 3.8) is 0 Å². The van der Waals surface area contributed by atoms with E-state index in [1.165, 1.54) is 30.6 Å². The number of ether oxygens (including phenoxy) is 1. The lowest BCUT2D eigenvalue weighted by Crippen LogP contribution is -2.26. The predicted molar refractivity (Wildman–Crippen MR) is 81.3 cm³/mol. The first kappa shape index (κ1) is 14.7. The molecule has 1 heterocycles. The molecule has 106 valence electrons. The molecule has 1 fully saturated rings. The molecular weight excluding hydrogens is 280 g/mol. The molecule has 0 bridgehead atoms. The molecule has 2 atom stereocenters. The van der Waals surface area contributed by atoms with E-state index in [0.717, 1.165) is 10.9 Å². The Labute approximate surface area is 122 Å². The van der Waals surface area contributed by atoms with Crippen LogP contribution in [0, 0.1) is 0 Å². The van der Waals surface area contributed by atoms with E-state index in [4.69, 9.17) is 4.74 Å². The van der Waals surface area contributed by atoms with Crippen LogP contribution in [0.5, 0.6) is 0 Å². The van der Waals surface area contributed by atoms with Gasteiger partial charge in [0.25, 0.3) is 0 Å². The van der Waals surface area contributed by atoms with Gasteiger partial charge in [0, 0.05) is 16.7 Å². The van der Waals surface area contributed by atoms with Crippen LogP contribution in [-0.2, 0) is 4.74 Å². The van der Waals surface area contributed by atoms with Gasteiger partial charge in [-0.3, -0.25) is 0 Å². The zero-order valence-electron chi connectivity index (χ0n) is 11.3. The quantitative estimate of drug-likeness (QED) is 0.816. The molecule has 6 heteroatoms. The summed E-state index contributed by atoms with van der Waals surface area (Å²) in [5.74, 6) is 0.812. The summed E-state index contributed by atoms with van der Waals surface area (Å²) >= 11 is 3.49. The van der Waals surface area contributed by atoms with Crippen molar-refractivity contribution >= 4 is 34.2 Å². The number of nitrogens with zero attached hydrogens (tertiary/aromatic N) is 1. The minimum absolute atomic E-state index is 0.335. The van der Waals surface area contributed by atoms with Gasteiger partial charge in [-0.15, -0.1) is 11.3 Å². The lowest BCUT2D eigenvalue weighted by Gasteiger charge is -2.19. The maximum absolute atomic E-state index is 11.6. The van der Waals surface area contributed by atoms with Crippen molar-refractivity contribution in [1.82, 2.24) is 4.98 Å². The van der Waals surface area contributed by atoms with Gasteiger partial charge >= 0.3 is 5.97 Å². The molecule has 0 radical (unpaired) electrons. The van der Waals surface area contributed by atoms with Crippen molar-refractivity contribution < 1.29 is 9.53 Å². The average molecular weight is 300 g/mol. The minimum Gasteiger partial charge on any atom is -0.461 e. The molecule has 0 aliphatic heterocycles. The number of carbonyl (C=O) groups is 1. The molecule has 1 aromatic heterocycles. The van der Waals surface area contributed by atoms with E-state index >= 15 is 0 Å². The number of anilines is 1. The Morgan fingerprint density at radius 2 is 2.42 bits per heavy atom. The van der Waals surface area contributed by atoms with E-state index in [-0.39, 0.29) is 5.97 Å². The number of aromatic nitrogens is 1. The van der Waals surface area contributed by atoms with Crippen molar-refractivity contribution in [3.8, 4) is 0 Å². The van der Waals surface area contributed by atoms with Crippen LogP contribution in [0.2, 0.25) is 0 Å². The van der Waals surface area contributed by atoms with E-state index in [1.807, 2.05) is 11.8 Å². The minimum atomic E-state index is -0.335. The highest BCUT2D eigenvalue weighted by atomic mass is 32.2. The molecule has 1 N–H and O–H groups in total. The van der Waals surface area contributed by atoms with Crippen molar-refractivity contribution in [1.29, 1.82) is 0 Å². The van der Waals surface area contributed by atoms with E-state index < -0.39 is 0 Å². The van der Waals surface area contributed by atoms with Crippen LogP contribution in [0.4, 0.5) is 5.13 Å². The molecule has 2 rings (SSSR count). The molecule has 0 amide bonds. The Bertz CT molecular complexity index is 423. The largest absolute Gasteiger partial charge is 0.461 e. The monoisotopic (exact) mass is 300 g/mol. The summed E-state index contributed by atoms with van der Waals surface area (Å²) in [6.45, 7) is 4.38. The zero-order valence-corrected chi connectivity index (χ0v) is 13.0. The van der Waals surface area contributed by atoms with Gasteiger partial charge in [0.2, 0.25) is 0 Å². The maximum atomic E-state index is 11.6. The zero-order chi connectivity index (χ0) is 13.7. The Kier molecular flexibility index (Phi) is 5.51. The lowest BCUT2D eigenvalue weighted by atomic mass is 10.2. The summed E-state index contributed by atoms with van der Waals surface area (Å²) in [7, 11) is 0. The van der Waals surface area contributed by atoms with Crippen LogP contribution in [0.3, 0.4) is 0 Å². The summed E-state index contributed by atoms with van der Waals surface area (Å²) in [6, 6.07) is 0.478. The second kappa shape index (κ2) is 7.14. The van der Waals surface area contributed by atoms with E-state index in [1.54, 1.807) is 12.3 Å². The fourth-order valence-corrected chi connectivity index (χ4v) is 4.24. The maximum Gasteiger partial charge on any atom is 0.357 e. The molecule has 2 unspecified atom stereocenters. The number of esters is 1. The van der Waals surface area contributed by atoms with Gasteiger partial charge < -0.3 is 10.1 Å². The number of hydrogen-bond donors (Lipinski definition) is 1. The Morgan fingerprint density at radius 3 is 3.16 bits per heavy atom. The van der Waals surface area contributed by atoms with Crippen LogP contribution in [0.15, 0.2) is 5.38 Å². The second-order valence-electron chi connectivity index (χ2n) is 4.43. The third-order valence-corrected chi connectivity index (χ3v) is 5.23. The summed E-state index contributed by atoms with van der Waals surface area (Å²) in [4.78, 5) is 15.9. The highest BCUT2D eigenvalue weighted by molar-refractivity contribution is 7.99. The second-order valence-corrected chi connectivity index (χ2v) is 6.81. The van der Waals surface area contributed by atoms with Crippen molar-refractivity contribution in [2.45, 2.75) is 44.4 Å². The number of rotatable bonds is 6. The van der Waals surface area contributed by atoms with Crippen LogP contribution >= 0.6 is 23.1 Å². The highest BCUT2D eigenvalue weighted by Gasteiger charge is 2.27. The summed E-state index contributed by atoms with van der Waals surface area (Å²) in [5, 5.41) is 6.73. The molecule has 4 nitrogen and oxygen atoms in total. The van der Waals surface area contributed by atoms with Gasteiger partial charge in [-0.25, -0.2) is 9.78 Å². The smallest absolute Gasteiger partial charge is 0.357 e. The van der Waals surface area contributed by atoms with Crippen LogP contribution in [0.1, 0.15) is 43.6 Å². The van der Waals surface area contributed by atoms with Crippen molar-refractivity contribution in [2.24, 2.45) is 0 Å². The van der Waals surface area contributed by atoms with Gasteiger partial charge in [0.15, 0.2) is 10.8 Å². The van der Waals surface area contributed by atoms with Gasteiger partial charge in [-0.05, 0) is 25.5 Å². The molecule has 0 saturated heterocycles. The molecule has 19 heavy (non-hydrogen) atoms. The molecule has 1 saturated carbocycles. The summed E-state index contributed by atoms with van der Waals surface area (Å²) < 4.78 is 4.94. The van der Waals surface area contributed by atoms with Crippen molar-refractivity contribution in [3.05, 3.63) is 11.1 Å². The van der Waals surface area contributed by atoms with Crippen LogP contribution < -0.4 is 5.32 Å². The van der Waals surface area contributed by atoms with Gasteiger partial charge in [-0.1, -0.05) is 13.3 Å². The number of thiazole rings is 1. The fourth-order valence-electron chi connectivity index (χ4n) is 2.30. The standard InChI is InChI=1S/C13H20N2O2S2/c1-3-17-12(16)10-8-19-13(15-10)14-9-6-5-7-11(9)18-4-2/h8-9,11H,3-7H2,1-2H3,(H,14,15). The first-order chi connectivity index (χ1) is 9.24. The molecule has 1 aliphatic carbocycles. The first-order valence-corrected chi connectivity index (χ1v) is 8.68. The Hall–Kier alpha value is -0.750. The number of thioether (sulfide) groups is 1. The van der Waals surface area contributed by atoms with E-state index in [9.17, 15) is 4.79 Å². The molecule has 0 spiro atoms. The number of carbonyl (C=O) groups excluding carboxylic acids is 1. The first-order valence-electron chi connectivity index (χ1n) is 6.75. The Balaban J connectivity index is 1.94. The average Bonchev–Trinajstić information content (AvgIpc) is 3.01. The topological polar surface area (TPSA) is 51.2 Å². The van der Waals surface area contributed by atoms with Gasteiger partial charge in [-0.2, -0.15) is 11.8 Å². The van der Waals surface area contributed by atoms with Crippen molar-refractivity contribution in [2.75, 3.05) is 17.7 Å². The van der Waals surface area contributed by atoms with E-state index in [2.05, 4.69) is 17.2 Å². The third kappa shape index (κ3) is 3.86. The number of nitrogens with one attached hydrogen (secondary N) is 1. The molecular formula is C13H20N2O2S2.